The molecule has 41 heavy (non-hydrogen) atoms. The first kappa shape index (κ1) is 28.3. The molecule has 0 unspecified atom stereocenters. The monoisotopic (exact) mass is 548 g/mol. The van der Waals surface area contributed by atoms with Crippen LogP contribution in [0.3, 0.4) is 0 Å². The second-order valence-electron chi connectivity index (χ2n) is 11.0. The summed E-state index contributed by atoms with van der Waals surface area (Å²) in [6.07, 6.45) is 0.766. The van der Waals surface area contributed by atoms with E-state index in [9.17, 15) is 19.8 Å². The van der Waals surface area contributed by atoms with Gasteiger partial charge in [-0.05, 0) is 48.9 Å². The minimum atomic E-state index is -1.51. The molecular weight excluding hydrogens is 512 g/mol. The Morgan fingerprint density at radius 1 is 0.561 bits per heavy atom. The molecule has 4 N–H and O–H groups in total. The van der Waals surface area contributed by atoms with E-state index in [0.717, 1.165) is 0 Å². The van der Waals surface area contributed by atoms with Crippen LogP contribution in [0.4, 0.5) is 0 Å². The normalized spacial score (nSPS) is 15.8. The quantitative estimate of drug-likeness (QED) is 0.217. The molecule has 4 aromatic rings. The maximum Gasteiger partial charge on any atom is 0.236 e. The van der Waals surface area contributed by atoms with Crippen LogP contribution >= 0.6 is 0 Å². The number of hydrogen-bond acceptors (Lipinski definition) is 4. The van der Waals surface area contributed by atoms with E-state index >= 15 is 0 Å². The van der Waals surface area contributed by atoms with Crippen molar-refractivity contribution in [2.45, 2.75) is 50.0 Å². The van der Waals surface area contributed by atoms with Gasteiger partial charge < -0.3 is 20.8 Å². The van der Waals surface area contributed by atoms with Crippen molar-refractivity contribution in [1.82, 2.24) is 10.6 Å². The van der Waals surface area contributed by atoms with Gasteiger partial charge in [0.15, 0.2) is 0 Å². The van der Waals surface area contributed by atoms with Crippen molar-refractivity contribution in [3.05, 3.63) is 144 Å². The zero-order chi connectivity index (χ0) is 29.1. The Morgan fingerprint density at radius 2 is 0.805 bits per heavy atom. The largest absolute Gasteiger partial charge is 0.378 e. The first-order valence-corrected chi connectivity index (χ1v) is 14.0. The summed E-state index contributed by atoms with van der Waals surface area (Å²) in [6, 6.07) is 35.3. The molecule has 0 saturated heterocycles. The van der Waals surface area contributed by atoms with Gasteiger partial charge in [-0.15, -0.1) is 0 Å². The van der Waals surface area contributed by atoms with Crippen molar-refractivity contribution in [3.63, 3.8) is 0 Å². The summed E-state index contributed by atoms with van der Waals surface area (Å²) >= 11 is 0. The van der Waals surface area contributed by atoms with Gasteiger partial charge in [0.25, 0.3) is 0 Å². The molecule has 0 aromatic heterocycles. The van der Waals surface area contributed by atoms with Crippen molar-refractivity contribution >= 4 is 11.8 Å². The van der Waals surface area contributed by atoms with Crippen molar-refractivity contribution in [3.8, 4) is 0 Å². The van der Waals surface area contributed by atoms with Crippen LogP contribution in [-0.2, 0) is 20.8 Å². The van der Waals surface area contributed by atoms with E-state index in [4.69, 9.17) is 0 Å². The highest BCUT2D eigenvalue weighted by Crippen LogP contribution is 2.47. The van der Waals surface area contributed by atoms with E-state index in [2.05, 4.69) is 10.6 Å². The molecule has 1 fully saturated rings. The number of amides is 2. The van der Waals surface area contributed by atoms with Crippen LogP contribution < -0.4 is 10.6 Å². The Balaban J connectivity index is 1.38. The second-order valence-corrected chi connectivity index (χ2v) is 11.0. The van der Waals surface area contributed by atoms with Gasteiger partial charge in [0, 0.05) is 0 Å². The number of aliphatic hydroxyl groups is 2. The third-order valence-corrected chi connectivity index (χ3v) is 8.42. The fraction of sp³-hybridized carbons (Fsp3) is 0.257. The van der Waals surface area contributed by atoms with Gasteiger partial charge in [-0.1, -0.05) is 121 Å². The highest BCUT2D eigenvalue weighted by atomic mass is 16.3. The van der Waals surface area contributed by atoms with Gasteiger partial charge in [0.05, 0.1) is 12.1 Å². The number of nitrogens with one attached hydrogen (secondary N) is 2. The Kier molecular flexibility index (Phi) is 7.80. The number of carbonyl (C=O) groups is 2. The lowest BCUT2D eigenvalue weighted by atomic mass is 9.80. The minimum Gasteiger partial charge on any atom is -0.378 e. The average molecular weight is 549 g/mol. The fourth-order valence-electron chi connectivity index (χ4n) is 5.66. The van der Waals surface area contributed by atoms with E-state index in [1.54, 1.807) is 13.8 Å². The van der Waals surface area contributed by atoms with Gasteiger partial charge >= 0.3 is 0 Å². The molecule has 0 bridgehead atoms. The second kappa shape index (κ2) is 11.3. The Hall–Kier alpha value is -4.26. The first-order chi connectivity index (χ1) is 19.7. The Labute approximate surface area is 241 Å². The molecule has 6 heteroatoms. The molecule has 2 atom stereocenters. The predicted octanol–water partition coefficient (Wildman–Crippen LogP) is 4.65. The van der Waals surface area contributed by atoms with Crippen molar-refractivity contribution in [1.29, 1.82) is 0 Å². The van der Waals surface area contributed by atoms with Crippen LogP contribution in [0.15, 0.2) is 121 Å². The molecule has 4 aromatic carbocycles. The lowest BCUT2D eigenvalue weighted by Crippen LogP contribution is -2.56. The van der Waals surface area contributed by atoms with Crippen LogP contribution in [0.5, 0.6) is 0 Å². The summed E-state index contributed by atoms with van der Waals surface area (Å²) < 4.78 is 0. The summed E-state index contributed by atoms with van der Waals surface area (Å²) in [4.78, 5) is 27.4. The number of hydrogen-bond donors (Lipinski definition) is 4. The van der Waals surface area contributed by atoms with E-state index in [-0.39, 0.29) is 0 Å². The minimum absolute atomic E-state index is 0.383. The third kappa shape index (κ3) is 5.17. The molecule has 1 saturated carbocycles. The summed E-state index contributed by atoms with van der Waals surface area (Å²) in [5, 5.41) is 30.0. The first-order valence-electron chi connectivity index (χ1n) is 14.0. The molecule has 0 aliphatic heterocycles. The standard InChI is InChI=1S/C35H36N2O4/c1-25(34(40,27-15-7-3-8-16-27)28-17-9-4-10-18-28)36-31(38)33(23-24-33)32(39)37-26(2)35(41,29-19-11-5-12-20-29)30-21-13-6-14-22-30/h3-22,25-26,40-41H,23-24H2,1-2H3,(H,36,38)(H,37,39)/t25-,26-/m1/s1. The van der Waals surface area contributed by atoms with Gasteiger partial charge in [-0.3, -0.25) is 9.59 Å². The molecule has 6 nitrogen and oxygen atoms in total. The highest BCUT2D eigenvalue weighted by molar-refractivity contribution is 6.08. The van der Waals surface area contributed by atoms with E-state index in [0.29, 0.717) is 35.1 Å². The number of benzene rings is 4. The summed E-state index contributed by atoms with van der Waals surface area (Å²) in [6.45, 7) is 3.50. The molecule has 1 aliphatic rings. The van der Waals surface area contributed by atoms with Crippen LogP contribution in [-0.4, -0.2) is 34.1 Å². The molecule has 0 spiro atoms. The SMILES string of the molecule is C[C@@H](NC(=O)C1(C(=O)N[C@H](C)C(O)(c2ccccc2)c2ccccc2)CC1)C(O)(c1ccccc1)c1ccccc1. The fourth-order valence-corrected chi connectivity index (χ4v) is 5.66. The summed E-state index contributed by atoms with van der Waals surface area (Å²) in [5.74, 6) is -0.883. The summed E-state index contributed by atoms with van der Waals surface area (Å²) in [5.41, 5.74) is -1.76. The van der Waals surface area contributed by atoms with E-state index < -0.39 is 40.5 Å². The number of carbonyl (C=O) groups excluding carboxylic acids is 2. The zero-order valence-corrected chi connectivity index (χ0v) is 23.3. The van der Waals surface area contributed by atoms with E-state index in [1.165, 1.54) is 0 Å². The Bertz CT molecular complexity index is 1280. The molecule has 5 rings (SSSR count). The third-order valence-electron chi connectivity index (χ3n) is 8.42. The lowest BCUT2D eigenvalue weighted by Gasteiger charge is -2.37. The number of rotatable bonds is 10. The van der Waals surface area contributed by atoms with Gasteiger partial charge in [0.2, 0.25) is 11.8 Å². The van der Waals surface area contributed by atoms with Crippen molar-refractivity contribution in [2.24, 2.45) is 5.41 Å². The molecule has 2 amide bonds. The van der Waals surface area contributed by atoms with Gasteiger partial charge in [-0.25, -0.2) is 0 Å². The van der Waals surface area contributed by atoms with Gasteiger partial charge in [0.1, 0.15) is 16.6 Å². The van der Waals surface area contributed by atoms with Gasteiger partial charge in [-0.2, -0.15) is 0 Å². The highest BCUT2D eigenvalue weighted by Gasteiger charge is 2.58. The van der Waals surface area contributed by atoms with Crippen molar-refractivity contribution in [2.75, 3.05) is 0 Å². The molecule has 0 heterocycles. The van der Waals surface area contributed by atoms with Crippen LogP contribution in [0, 0.1) is 5.41 Å². The summed E-state index contributed by atoms with van der Waals surface area (Å²) in [7, 11) is 0. The van der Waals surface area contributed by atoms with Crippen LogP contribution in [0.1, 0.15) is 48.9 Å². The van der Waals surface area contributed by atoms with E-state index in [1.807, 2.05) is 121 Å². The van der Waals surface area contributed by atoms with Crippen molar-refractivity contribution < 1.29 is 19.8 Å². The molecule has 210 valence electrons. The predicted molar refractivity (Wildman–Crippen MR) is 159 cm³/mol. The zero-order valence-electron chi connectivity index (χ0n) is 23.3. The molecule has 0 radical (unpaired) electrons. The maximum absolute atomic E-state index is 13.7. The smallest absolute Gasteiger partial charge is 0.236 e. The molecule has 1 aliphatic carbocycles. The average Bonchev–Trinajstić information content (AvgIpc) is 3.84. The Morgan fingerprint density at radius 3 is 1.02 bits per heavy atom. The topological polar surface area (TPSA) is 98.7 Å². The molecular formula is C35H36N2O4. The lowest BCUT2D eigenvalue weighted by molar-refractivity contribution is -0.139. The van der Waals surface area contributed by atoms with Crippen LogP contribution in [0.2, 0.25) is 0 Å². The van der Waals surface area contributed by atoms with Crippen LogP contribution in [0.25, 0.3) is 0 Å². The maximum atomic E-state index is 13.7.